The summed E-state index contributed by atoms with van der Waals surface area (Å²) < 4.78 is 12.3. The largest absolute Gasteiger partial charge is 0.252 e. The van der Waals surface area contributed by atoms with Crippen LogP contribution in [0.1, 0.15) is 0 Å². The van der Waals surface area contributed by atoms with Gasteiger partial charge in [0, 0.05) is 6.20 Å². The summed E-state index contributed by atoms with van der Waals surface area (Å²) in [6.07, 6.45) is 4.16. The van der Waals surface area contributed by atoms with Crippen LogP contribution in [0.5, 0.6) is 0 Å². The smallest absolute Gasteiger partial charge is 0.231 e. The molecule has 0 saturated carbocycles. The molecule has 0 fully saturated rings. The lowest BCUT2D eigenvalue weighted by Gasteiger charge is -1.92. The zero-order valence-electron chi connectivity index (χ0n) is 5.94. The third kappa shape index (κ3) is 1.31. The Balaban J connectivity index is 2.43. The minimum Gasteiger partial charge on any atom is -0.252 e. The highest BCUT2D eigenvalue weighted by Crippen LogP contribution is 2.19. The van der Waals surface area contributed by atoms with Crippen LogP contribution in [-0.2, 0) is 0 Å². The third-order valence-electron chi connectivity index (χ3n) is 1.31. The van der Waals surface area contributed by atoms with E-state index in [4.69, 9.17) is 0 Å². The molecule has 3 nitrogen and oxygen atoms in total. The number of thiazole rings is 1. The highest BCUT2D eigenvalue weighted by Gasteiger charge is 2.00. The Bertz CT molecular complexity index is 357. The second kappa shape index (κ2) is 2.94. The summed E-state index contributed by atoms with van der Waals surface area (Å²) in [7, 11) is 0. The lowest BCUT2D eigenvalue weighted by molar-refractivity contribution is 0.577. The lowest BCUT2D eigenvalue weighted by atomic mass is 10.4. The molecule has 60 valence electrons. The summed E-state index contributed by atoms with van der Waals surface area (Å²) in [4.78, 5) is 12.1. The van der Waals surface area contributed by atoms with Crippen LogP contribution >= 0.6 is 11.3 Å². The fourth-order valence-electron chi connectivity index (χ4n) is 0.782. The van der Waals surface area contributed by atoms with Gasteiger partial charge >= 0.3 is 0 Å². The molecule has 0 radical (unpaired) electrons. The van der Waals surface area contributed by atoms with Crippen LogP contribution in [0.3, 0.4) is 0 Å². The van der Waals surface area contributed by atoms with Crippen LogP contribution in [0.25, 0.3) is 10.6 Å². The molecule has 0 amide bonds. The molecule has 12 heavy (non-hydrogen) atoms. The molecular weight excluding hydrogens is 177 g/mol. The molecule has 2 heterocycles. The van der Waals surface area contributed by atoms with E-state index in [0.29, 0.717) is 5.69 Å². The van der Waals surface area contributed by atoms with Crippen molar-refractivity contribution in [3.05, 3.63) is 30.0 Å². The van der Waals surface area contributed by atoms with Crippen molar-refractivity contribution < 1.29 is 4.39 Å². The third-order valence-corrected chi connectivity index (χ3v) is 2.10. The number of hydrogen-bond acceptors (Lipinski definition) is 4. The van der Waals surface area contributed by atoms with Crippen molar-refractivity contribution in [2.75, 3.05) is 0 Å². The van der Waals surface area contributed by atoms with Crippen LogP contribution in [0, 0.1) is 5.95 Å². The standard InChI is InChI=1S/C7H4FN3S/c8-7-3-10-5(1-11-7)6-2-9-4-12-6/h1-4H. The molecule has 0 aliphatic carbocycles. The van der Waals surface area contributed by atoms with Gasteiger partial charge in [0.2, 0.25) is 5.95 Å². The van der Waals surface area contributed by atoms with Crippen molar-refractivity contribution in [3.63, 3.8) is 0 Å². The van der Waals surface area contributed by atoms with E-state index in [2.05, 4.69) is 15.0 Å². The van der Waals surface area contributed by atoms with Crippen LogP contribution in [0.2, 0.25) is 0 Å². The highest BCUT2D eigenvalue weighted by atomic mass is 32.1. The Morgan fingerprint density at radius 1 is 1.17 bits per heavy atom. The van der Waals surface area contributed by atoms with Gasteiger partial charge in [-0.2, -0.15) is 4.39 Å². The summed E-state index contributed by atoms with van der Waals surface area (Å²) in [5, 5.41) is 0. The minimum atomic E-state index is -0.566. The molecule has 0 atom stereocenters. The number of aromatic nitrogens is 3. The Morgan fingerprint density at radius 3 is 2.67 bits per heavy atom. The van der Waals surface area contributed by atoms with E-state index in [9.17, 15) is 4.39 Å². The summed E-state index contributed by atoms with van der Waals surface area (Å²) >= 11 is 1.45. The van der Waals surface area contributed by atoms with Gasteiger partial charge in [0.15, 0.2) is 0 Å². The fourth-order valence-corrected chi connectivity index (χ4v) is 1.36. The average molecular weight is 181 g/mol. The molecule has 0 N–H and O–H groups in total. The molecule has 0 saturated heterocycles. The topological polar surface area (TPSA) is 38.7 Å². The van der Waals surface area contributed by atoms with E-state index in [0.717, 1.165) is 11.1 Å². The monoisotopic (exact) mass is 181 g/mol. The van der Waals surface area contributed by atoms with Crippen molar-refractivity contribution in [1.82, 2.24) is 15.0 Å². The first-order valence-corrected chi connectivity index (χ1v) is 4.10. The molecule has 0 aromatic carbocycles. The molecule has 0 bridgehead atoms. The number of nitrogens with zero attached hydrogens (tertiary/aromatic N) is 3. The van der Waals surface area contributed by atoms with Crippen LogP contribution in [-0.4, -0.2) is 15.0 Å². The molecule has 2 aromatic heterocycles. The summed E-state index contributed by atoms with van der Waals surface area (Å²) in [5.41, 5.74) is 2.35. The molecule has 0 unspecified atom stereocenters. The van der Waals surface area contributed by atoms with Gasteiger partial charge in [-0.25, -0.2) is 9.97 Å². The van der Waals surface area contributed by atoms with Gasteiger partial charge in [-0.15, -0.1) is 11.3 Å². The lowest BCUT2D eigenvalue weighted by Crippen LogP contribution is -1.86. The summed E-state index contributed by atoms with van der Waals surface area (Å²) in [5.74, 6) is -0.566. The predicted octanol–water partition coefficient (Wildman–Crippen LogP) is 1.74. The molecular formula is C7H4FN3S. The molecule has 5 heteroatoms. The summed E-state index contributed by atoms with van der Waals surface area (Å²) in [6.45, 7) is 0. The van der Waals surface area contributed by atoms with Gasteiger partial charge in [0.05, 0.1) is 22.8 Å². The number of halogens is 1. The number of hydrogen-bond donors (Lipinski definition) is 0. The maximum atomic E-state index is 12.3. The maximum Gasteiger partial charge on any atom is 0.231 e. The van der Waals surface area contributed by atoms with Gasteiger partial charge in [-0.1, -0.05) is 0 Å². The van der Waals surface area contributed by atoms with E-state index < -0.39 is 5.95 Å². The quantitative estimate of drug-likeness (QED) is 0.672. The van der Waals surface area contributed by atoms with Crippen molar-refractivity contribution in [3.8, 4) is 10.6 Å². The van der Waals surface area contributed by atoms with Crippen molar-refractivity contribution >= 4 is 11.3 Å². The molecule has 0 aliphatic rings. The second-order valence-electron chi connectivity index (χ2n) is 2.09. The normalized spacial score (nSPS) is 10.1. The van der Waals surface area contributed by atoms with Crippen molar-refractivity contribution in [2.45, 2.75) is 0 Å². The van der Waals surface area contributed by atoms with Crippen molar-refractivity contribution in [1.29, 1.82) is 0 Å². The molecule has 0 aliphatic heterocycles. The molecule has 2 aromatic rings. The van der Waals surface area contributed by atoms with E-state index in [1.54, 1.807) is 11.7 Å². The first kappa shape index (κ1) is 7.30. The predicted molar refractivity (Wildman–Crippen MR) is 43.1 cm³/mol. The van der Waals surface area contributed by atoms with Gasteiger partial charge in [0.1, 0.15) is 5.69 Å². The zero-order valence-corrected chi connectivity index (χ0v) is 6.75. The fraction of sp³-hybridized carbons (Fsp3) is 0. The van der Waals surface area contributed by atoms with Crippen molar-refractivity contribution in [2.24, 2.45) is 0 Å². The van der Waals surface area contributed by atoms with Crippen LogP contribution in [0.4, 0.5) is 4.39 Å². The summed E-state index contributed by atoms with van der Waals surface area (Å²) in [6, 6.07) is 0. The number of rotatable bonds is 1. The zero-order chi connectivity index (χ0) is 8.39. The van der Waals surface area contributed by atoms with E-state index in [1.165, 1.54) is 17.5 Å². The van der Waals surface area contributed by atoms with Gasteiger partial charge in [0.25, 0.3) is 0 Å². The highest BCUT2D eigenvalue weighted by molar-refractivity contribution is 7.13. The molecule has 2 rings (SSSR count). The van der Waals surface area contributed by atoms with E-state index in [1.807, 2.05) is 0 Å². The Labute approximate surface area is 72.0 Å². The Hall–Kier alpha value is -1.36. The maximum absolute atomic E-state index is 12.3. The van der Waals surface area contributed by atoms with E-state index in [-0.39, 0.29) is 0 Å². The second-order valence-corrected chi connectivity index (χ2v) is 2.98. The Kier molecular flexibility index (Phi) is 1.79. The SMILES string of the molecule is Fc1cnc(-c2cncs2)cn1. The first-order chi connectivity index (χ1) is 5.86. The molecule has 0 spiro atoms. The van der Waals surface area contributed by atoms with Crippen LogP contribution in [0.15, 0.2) is 24.1 Å². The Morgan fingerprint density at radius 2 is 2.08 bits per heavy atom. The van der Waals surface area contributed by atoms with Gasteiger partial charge < -0.3 is 0 Å². The first-order valence-electron chi connectivity index (χ1n) is 3.22. The van der Waals surface area contributed by atoms with Crippen LogP contribution < -0.4 is 0 Å². The average Bonchev–Trinajstić information content (AvgIpc) is 2.58. The minimum absolute atomic E-state index is 0.566. The van der Waals surface area contributed by atoms with Gasteiger partial charge in [-0.3, -0.25) is 4.98 Å². The van der Waals surface area contributed by atoms with E-state index >= 15 is 0 Å². The van der Waals surface area contributed by atoms with Gasteiger partial charge in [-0.05, 0) is 0 Å².